The predicted octanol–water partition coefficient (Wildman–Crippen LogP) is 3.62. The van der Waals surface area contributed by atoms with Crippen LogP contribution in [0.25, 0.3) is 0 Å². The zero-order valence-corrected chi connectivity index (χ0v) is 21.7. The van der Waals surface area contributed by atoms with Crippen molar-refractivity contribution in [3.05, 3.63) is 59.8 Å². The molecule has 0 unspecified atom stereocenters. The fourth-order valence-electron chi connectivity index (χ4n) is 4.56. The fraction of sp³-hybridized carbons (Fsp3) is 0.520. The molecule has 0 atom stereocenters. The number of pyridine rings is 1. The van der Waals surface area contributed by atoms with E-state index in [4.69, 9.17) is 0 Å². The number of aryl methyl sites for hydroxylation is 1. The number of nitrogens with one attached hydrogen (secondary N) is 1. The lowest BCUT2D eigenvalue weighted by molar-refractivity contribution is 0.177. The standard InChI is InChI=1S/C25H36N6.HI/c1-21-6-8-23(9-7-21)20-29-13-10-22(11-14-29)19-28-25(26-2)31-17-15-30(16-18-31)24-5-3-4-12-27-24;/h3-9,12,22H,10-11,13-20H2,1-2H3,(H,26,28);1H. The number of hydrogen-bond acceptors (Lipinski definition) is 4. The van der Waals surface area contributed by atoms with Gasteiger partial charge in [0.1, 0.15) is 5.82 Å². The Labute approximate surface area is 210 Å². The van der Waals surface area contributed by atoms with Gasteiger partial charge in [0, 0.05) is 52.5 Å². The van der Waals surface area contributed by atoms with Gasteiger partial charge in [0.25, 0.3) is 0 Å². The second-order valence-electron chi connectivity index (χ2n) is 8.80. The van der Waals surface area contributed by atoms with E-state index in [9.17, 15) is 0 Å². The molecule has 6 nitrogen and oxygen atoms in total. The van der Waals surface area contributed by atoms with E-state index in [0.717, 1.165) is 57.0 Å². The number of aromatic nitrogens is 1. The Bertz CT molecular complexity index is 825. The number of aliphatic imine (C=N–C) groups is 1. The van der Waals surface area contributed by atoms with Gasteiger partial charge in [0.2, 0.25) is 0 Å². The van der Waals surface area contributed by atoms with Gasteiger partial charge < -0.3 is 15.1 Å². The summed E-state index contributed by atoms with van der Waals surface area (Å²) in [5.41, 5.74) is 2.76. The summed E-state index contributed by atoms with van der Waals surface area (Å²) in [6.07, 6.45) is 4.38. The van der Waals surface area contributed by atoms with Crippen LogP contribution in [0.15, 0.2) is 53.7 Å². The fourth-order valence-corrected chi connectivity index (χ4v) is 4.56. The number of anilines is 1. The van der Waals surface area contributed by atoms with Crippen LogP contribution in [-0.2, 0) is 6.54 Å². The number of likely N-dealkylation sites (tertiary alicyclic amines) is 1. The molecule has 1 aromatic heterocycles. The van der Waals surface area contributed by atoms with Crippen LogP contribution in [0.3, 0.4) is 0 Å². The van der Waals surface area contributed by atoms with Crippen LogP contribution in [0, 0.1) is 12.8 Å². The second kappa shape index (κ2) is 12.4. The monoisotopic (exact) mass is 548 g/mol. The van der Waals surface area contributed by atoms with Gasteiger partial charge in [-0.2, -0.15) is 0 Å². The molecule has 174 valence electrons. The molecule has 1 aromatic carbocycles. The van der Waals surface area contributed by atoms with Crippen LogP contribution in [-0.4, -0.2) is 73.6 Å². The SMILES string of the molecule is CN=C(NCC1CCN(Cc2ccc(C)cc2)CC1)N1CCN(c2ccccn2)CC1.I. The average molecular weight is 549 g/mol. The molecule has 2 aliphatic heterocycles. The van der Waals surface area contributed by atoms with Crippen molar-refractivity contribution in [2.24, 2.45) is 10.9 Å². The second-order valence-corrected chi connectivity index (χ2v) is 8.80. The summed E-state index contributed by atoms with van der Waals surface area (Å²) < 4.78 is 0. The van der Waals surface area contributed by atoms with Crippen molar-refractivity contribution in [3.8, 4) is 0 Å². The van der Waals surface area contributed by atoms with Crippen molar-refractivity contribution in [3.63, 3.8) is 0 Å². The van der Waals surface area contributed by atoms with Gasteiger partial charge in [-0.1, -0.05) is 35.9 Å². The van der Waals surface area contributed by atoms with Crippen molar-refractivity contribution in [1.82, 2.24) is 20.1 Å². The zero-order valence-electron chi connectivity index (χ0n) is 19.4. The summed E-state index contributed by atoms with van der Waals surface area (Å²) >= 11 is 0. The molecule has 1 N–H and O–H groups in total. The summed E-state index contributed by atoms with van der Waals surface area (Å²) in [6.45, 7) is 10.5. The lowest BCUT2D eigenvalue weighted by Crippen LogP contribution is -2.53. The Hall–Kier alpha value is -1.87. The summed E-state index contributed by atoms with van der Waals surface area (Å²) in [7, 11) is 1.90. The molecule has 0 bridgehead atoms. The van der Waals surface area contributed by atoms with Gasteiger partial charge in [0.05, 0.1) is 0 Å². The van der Waals surface area contributed by atoms with Crippen molar-refractivity contribution in [1.29, 1.82) is 0 Å². The van der Waals surface area contributed by atoms with Crippen molar-refractivity contribution in [2.45, 2.75) is 26.3 Å². The predicted molar refractivity (Wildman–Crippen MR) is 144 cm³/mol. The molecule has 0 amide bonds. The molecule has 2 aliphatic rings. The van der Waals surface area contributed by atoms with Gasteiger partial charge in [-0.05, 0) is 56.5 Å². The summed E-state index contributed by atoms with van der Waals surface area (Å²) in [5, 5.41) is 3.66. The van der Waals surface area contributed by atoms with Crippen molar-refractivity contribution < 1.29 is 0 Å². The van der Waals surface area contributed by atoms with E-state index in [2.05, 4.69) is 73.3 Å². The van der Waals surface area contributed by atoms with Gasteiger partial charge in [-0.15, -0.1) is 24.0 Å². The third-order valence-electron chi connectivity index (χ3n) is 6.55. The normalized spacial score (nSPS) is 18.4. The summed E-state index contributed by atoms with van der Waals surface area (Å²) in [5.74, 6) is 2.84. The number of halogens is 1. The first-order chi connectivity index (χ1) is 15.2. The van der Waals surface area contributed by atoms with Crippen LogP contribution >= 0.6 is 24.0 Å². The van der Waals surface area contributed by atoms with Crippen LogP contribution in [0.1, 0.15) is 24.0 Å². The molecule has 0 saturated carbocycles. The highest BCUT2D eigenvalue weighted by molar-refractivity contribution is 14.0. The number of piperazine rings is 1. The number of piperidine rings is 1. The first-order valence-corrected chi connectivity index (χ1v) is 11.6. The van der Waals surface area contributed by atoms with Crippen LogP contribution in [0.4, 0.5) is 5.82 Å². The van der Waals surface area contributed by atoms with Gasteiger partial charge in [-0.25, -0.2) is 4.98 Å². The molecule has 0 aliphatic carbocycles. The molecule has 0 radical (unpaired) electrons. The minimum absolute atomic E-state index is 0. The Morgan fingerprint density at radius 1 is 1.00 bits per heavy atom. The molecule has 2 aromatic rings. The molecule has 7 heteroatoms. The highest BCUT2D eigenvalue weighted by Gasteiger charge is 2.23. The maximum Gasteiger partial charge on any atom is 0.193 e. The largest absolute Gasteiger partial charge is 0.356 e. The Kier molecular flexibility index (Phi) is 9.59. The first-order valence-electron chi connectivity index (χ1n) is 11.6. The number of rotatable bonds is 5. The molecule has 2 fully saturated rings. The number of nitrogens with zero attached hydrogens (tertiary/aromatic N) is 5. The quantitative estimate of drug-likeness (QED) is 0.352. The summed E-state index contributed by atoms with van der Waals surface area (Å²) in [4.78, 5) is 16.4. The topological polar surface area (TPSA) is 47.0 Å². The van der Waals surface area contributed by atoms with E-state index >= 15 is 0 Å². The third kappa shape index (κ3) is 6.81. The molecular formula is C25H37IN6. The maximum atomic E-state index is 4.56. The van der Waals surface area contributed by atoms with E-state index in [1.54, 1.807) is 0 Å². The molecule has 3 heterocycles. The molecule has 0 spiro atoms. The van der Waals surface area contributed by atoms with E-state index < -0.39 is 0 Å². The van der Waals surface area contributed by atoms with Gasteiger partial charge in [0.15, 0.2) is 5.96 Å². The van der Waals surface area contributed by atoms with Crippen LogP contribution < -0.4 is 10.2 Å². The third-order valence-corrected chi connectivity index (χ3v) is 6.55. The lowest BCUT2D eigenvalue weighted by atomic mass is 9.96. The van der Waals surface area contributed by atoms with Crippen LogP contribution in [0.5, 0.6) is 0 Å². The highest BCUT2D eigenvalue weighted by atomic mass is 127. The molecule has 4 rings (SSSR count). The van der Waals surface area contributed by atoms with E-state index in [1.807, 2.05) is 19.3 Å². The van der Waals surface area contributed by atoms with Crippen molar-refractivity contribution >= 4 is 35.8 Å². The van der Waals surface area contributed by atoms with Gasteiger partial charge in [-0.3, -0.25) is 9.89 Å². The smallest absolute Gasteiger partial charge is 0.193 e. The Balaban J connectivity index is 0.00000289. The number of benzene rings is 1. The lowest BCUT2D eigenvalue weighted by Gasteiger charge is -2.38. The minimum Gasteiger partial charge on any atom is -0.356 e. The summed E-state index contributed by atoms with van der Waals surface area (Å²) in [6, 6.07) is 15.1. The Morgan fingerprint density at radius 2 is 1.72 bits per heavy atom. The average Bonchev–Trinajstić information content (AvgIpc) is 2.83. The molecule has 2 saturated heterocycles. The molecule has 32 heavy (non-hydrogen) atoms. The van der Waals surface area contributed by atoms with E-state index in [-0.39, 0.29) is 24.0 Å². The number of hydrogen-bond donors (Lipinski definition) is 1. The maximum absolute atomic E-state index is 4.56. The Morgan fingerprint density at radius 3 is 2.34 bits per heavy atom. The van der Waals surface area contributed by atoms with Crippen LogP contribution in [0.2, 0.25) is 0 Å². The van der Waals surface area contributed by atoms with E-state index in [0.29, 0.717) is 0 Å². The van der Waals surface area contributed by atoms with E-state index in [1.165, 1.54) is 37.1 Å². The highest BCUT2D eigenvalue weighted by Crippen LogP contribution is 2.19. The zero-order chi connectivity index (χ0) is 21.5. The number of guanidine groups is 1. The first kappa shape index (κ1) is 24.8. The minimum atomic E-state index is 0. The van der Waals surface area contributed by atoms with Gasteiger partial charge >= 0.3 is 0 Å². The van der Waals surface area contributed by atoms with Crippen molar-refractivity contribution in [2.75, 3.05) is 57.8 Å². The molecular weight excluding hydrogens is 511 g/mol.